The van der Waals surface area contributed by atoms with Crippen LogP contribution >= 0.6 is 21.6 Å². The maximum absolute atomic E-state index is 13.6. The molecule has 24 N–H and O–H groups in total. The van der Waals surface area contributed by atoms with Gasteiger partial charge >= 0.3 is 11.9 Å². The Morgan fingerprint density at radius 2 is 1.20 bits per heavy atom. The number of rotatable bonds is 27. The topological polar surface area (TPSA) is 686 Å². The van der Waals surface area contributed by atoms with Crippen molar-refractivity contribution in [3.8, 4) is 0 Å². The third-order valence-corrected chi connectivity index (χ3v) is 20.4. The molecule has 42 heteroatoms. The number of aliphatic hydroxyl groups excluding tert-OH is 15. The van der Waals surface area contributed by atoms with Crippen molar-refractivity contribution in [3.05, 3.63) is 126 Å². The first-order chi connectivity index (χ1) is 55.9. The number of ketones is 1. The van der Waals surface area contributed by atoms with E-state index in [-0.39, 0.29) is 43.6 Å². The Bertz CT molecular complexity index is 4640. The molecule has 6 rings (SSSR count). The van der Waals surface area contributed by atoms with Crippen LogP contribution in [0.4, 0.5) is 0 Å². The fourth-order valence-electron chi connectivity index (χ4n) is 11.4. The molecule has 0 fully saturated rings. The molecule has 638 valence electrons. The molecule has 1 unspecified atom stereocenters. The van der Waals surface area contributed by atoms with Crippen LogP contribution in [-0.2, 0) is 28.9 Å². The number of aromatic amines is 2. The molecule has 0 aliphatic carbocycles. The third kappa shape index (κ3) is 30.0. The van der Waals surface area contributed by atoms with Gasteiger partial charge in [-0.15, -0.1) is 0 Å². The van der Waals surface area contributed by atoms with Crippen molar-refractivity contribution < 1.29 is 101 Å². The van der Waals surface area contributed by atoms with E-state index in [1.165, 1.54) is 50.6 Å². The van der Waals surface area contributed by atoms with Crippen molar-refractivity contribution in [3.63, 3.8) is 0 Å². The lowest BCUT2D eigenvalue weighted by atomic mass is 9.99. The third-order valence-electron chi connectivity index (χ3n) is 18.0. The average molecular weight is 1680 g/mol. The van der Waals surface area contributed by atoms with Crippen molar-refractivity contribution in [2.75, 3.05) is 24.6 Å². The number of nitrogens with zero attached hydrogens (tertiary/aromatic N) is 14. The number of carboxylic acids is 2. The summed E-state index contributed by atoms with van der Waals surface area (Å²) in [7, 11) is 1.66. The zero-order valence-electron chi connectivity index (χ0n) is 65.6. The van der Waals surface area contributed by atoms with E-state index in [1.807, 2.05) is 0 Å². The summed E-state index contributed by atoms with van der Waals surface area (Å²) in [5.74, 6) is -19.2. The number of nitrogens with one attached hydrogen (secondary N) is 5. The number of carbonyl (C=O) groups excluding carboxylic acids is 1. The zero-order chi connectivity index (χ0) is 87.0. The number of carbonyl (C=O) groups is 3. The summed E-state index contributed by atoms with van der Waals surface area (Å²) in [5, 5.41) is 214. The normalized spacial score (nSPS) is 22.7. The summed E-state index contributed by atoms with van der Waals surface area (Å²) < 4.78 is 0. The van der Waals surface area contributed by atoms with E-state index in [0.29, 0.717) is 39.7 Å². The van der Waals surface area contributed by atoms with Crippen LogP contribution in [-0.4, -0.2) is 311 Å². The molecular weight excluding hydrogens is 1580 g/mol. The minimum Gasteiger partial charge on any atom is -0.497 e. The second-order valence-corrected chi connectivity index (χ2v) is 30.2. The lowest BCUT2D eigenvalue weighted by Gasteiger charge is -2.22. The summed E-state index contributed by atoms with van der Waals surface area (Å²) in [6.07, 6.45) is -0.767. The Morgan fingerprint density at radius 3 is 1.81 bits per heavy atom. The predicted molar refractivity (Wildman–Crippen MR) is 456 cm³/mol. The quantitative estimate of drug-likeness (QED) is 0.00768. The van der Waals surface area contributed by atoms with Crippen molar-refractivity contribution in [2.24, 2.45) is 82.5 Å². The second kappa shape index (κ2) is 46.3. The van der Waals surface area contributed by atoms with Gasteiger partial charge < -0.3 is 108 Å². The lowest BCUT2D eigenvalue weighted by Crippen LogP contribution is -2.35. The van der Waals surface area contributed by atoms with Crippen LogP contribution in [0.15, 0.2) is 162 Å². The Morgan fingerprint density at radius 1 is 0.627 bits per heavy atom. The van der Waals surface area contributed by atoms with E-state index in [1.54, 1.807) is 88.5 Å². The van der Waals surface area contributed by atoms with Gasteiger partial charge in [0.15, 0.2) is 29.6 Å². The number of aliphatic carboxylic acids is 2. The van der Waals surface area contributed by atoms with E-state index in [2.05, 4.69) is 85.2 Å². The standard InChI is InChI=1S/C76H102N20O20S2/c1-8-38(4)61(86-41(7)98)74(114)94-56-35-118-117-34-55(72(112)96-62(40(6)97)75(115)116)93-66(106)49(19-14-26-81-76(78)79)87-69(109)53(29-46-32-80-36-84-46)89-64(104)39(5)85-58(100)33-83-65(105)52(28-45-31-82-48-18-13-12-17-47(45)48)90-70(110)54(30-59(101)102)91-67(107)50(24-25-57(77)99)88-68(108)51(92-73(113)60(37(2)3)95-71(56)111)27-42-20-22-44(23-21-42)63(103)43-15-10-9-11-16-43/h9-13,15-18,20-23,31-32,36-40,49-56,60-62,82,97H,8,14,19,24-30,33-35H2,1-7H3,(H2,77,99)(H,80,84)(H,83,105)(H,85,100)(H,86,98)(H,87,109)(H,88,108)(H,89,104)(H,90,110)(H,91,107)(H,92,113)(H,93,106)(H,94,114)(H,95,111)(H,96,112)(H,101,102)(H,115,116)(H4,78,79,81)/t38-,39-,40+,49-,50-,51-,52-,53+,54?,55-,56-,60-,61-,62-/m0/s1. The number of imidazole rings is 1. The van der Waals surface area contributed by atoms with Gasteiger partial charge in [-0.1, -0.05) is 128 Å². The fourth-order valence-corrected chi connectivity index (χ4v) is 13.7. The number of aliphatic imine (C=N–C) groups is 13. The molecule has 0 bridgehead atoms. The number of aromatic nitrogens is 3. The van der Waals surface area contributed by atoms with Gasteiger partial charge in [0.25, 0.3) is 0 Å². The molecule has 0 amide bonds. The van der Waals surface area contributed by atoms with E-state index in [9.17, 15) is 101 Å². The van der Waals surface area contributed by atoms with E-state index in [4.69, 9.17) is 16.6 Å². The first-order valence-electron chi connectivity index (χ1n) is 37.2. The van der Waals surface area contributed by atoms with Gasteiger partial charge in [-0.3, -0.25) is 20.4 Å². The number of aliphatic hydroxyl groups is 15. The minimum atomic E-state index is -2.07. The maximum atomic E-state index is 13.6. The average Bonchev–Trinajstić information content (AvgIpc) is 1.63. The van der Waals surface area contributed by atoms with Crippen LogP contribution in [0.5, 0.6) is 0 Å². The second-order valence-electron chi connectivity index (χ2n) is 27.7. The number of H-pyrrole nitrogens is 2. The predicted octanol–water partition coefficient (Wildman–Crippen LogP) is 8.66. The monoisotopic (exact) mass is 1680 g/mol. The highest BCUT2D eigenvalue weighted by molar-refractivity contribution is 8.76. The fraction of sp³-hybridized carbons (Fsp3) is 0.461. The molecule has 0 radical (unpaired) electrons. The van der Waals surface area contributed by atoms with Crippen molar-refractivity contribution in [2.45, 2.75) is 185 Å². The van der Waals surface area contributed by atoms with Gasteiger partial charge in [-0.25, -0.2) is 74.7 Å². The smallest absolute Gasteiger partial charge is 0.331 e. The summed E-state index contributed by atoms with van der Waals surface area (Å²) in [6.45, 7) is 9.22. The van der Waals surface area contributed by atoms with Crippen LogP contribution in [0, 0.1) is 22.7 Å². The molecule has 0 saturated carbocycles. The number of nitrogens with two attached hydrogens (primary N) is 1. The van der Waals surface area contributed by atoms with Crippen molar-refractivity contribution >= 4 is 139 Å². The summed E-state index contributed by atoms with van der Waals surface area (Å²) in [5.41, 5.74) is 7.84. The Balaban J connectivity index is 1.66. The SMILES string of the molecule is CC[C@H](C)[C@H](N=C(C)O)C(O)=N[C@H]1CSSC[C@@H](C(O)=N[C@H](C(=O)O)[C@@H](C)O)N=C(O)[C@H](CCCNC(=N)N)N=C(O)[C@@H](Cc2cnc[nH]2)N=C(O)[C@H](C)N=C(O)CN=C(O)[C@H](Cc2c[nH]c3ccccc23)N=C(O)C(CC(=O)O)N=C(O)[C@H](CCC(=N)O)N=C(O)[C@H](Cc2ccc(C(=O)c3ccccc3)cc2)N=C(O)[C@H](C(C)C)N=C1O. The van der Waals surface area contributed by atoms with Crippen LogP contribution in [0.1, 0.15) is 120 Å². The number of guanidine groups is 1. The summed E-state index contributed by atoms with van der Waals surface area (Å²) in [4.78, 5) is 104. The number of hydrogen-bond acceptors (Lipinski definition) is 22. The van der Waals surface area contributed by atoms with E-state index < -0.39 is 235 Å². The molecule has 3 heterocycles. The highest BCUT2D eigenvalue weighted by Crippen LogP contribution is 2.29. The van der Waals surface area contributed by atoms with Crippen LogP contribution < -0.4 is 11.1 Å². The maximum Gasteiger partial charge on any atom is 0.331 e. The number of fused-ring (bicyclic) bond motifs is 1. The van der Waals surface area contributed by atoms with Gasteiger partial charge in [-0.05, 0) is 62.1 Å². The Labute approximate surface area is 685 Å². The van der Waals surface area contributed by atoms with Crippen LogP contribution in [0.25, 0.3) is 10.9 Å². The number of hydrogen-bond donors (Lipinski definition) is 23. The van der Waals surface area contributed by atoms with Gasteiger partial charge in [-0.2, -0.15) is 0 Å². The van der Waals surface area contributed by atoms with E-state index >= 15 is 0 Å². The molecule has 1 aliphatic heterocycles. The molecule has 0 saturated heterocycles. The van der Waals surface area contributed by atoms with Gasteiger partial charge in [0.1, 0.15) is 73.0 Å². The van der Waals surface area contributed by atoms with Crippen LogP contribution in [0.3, 0.4) is 0 Å². The molecule has 14 atom stereocenters. The molecule has 40 nitrogen and oxygen atoms in total. The largest absolute Gasteiger partial charge is 0.497 e. The Kier molecular flexibility index (Phi) is 37.0. The lowest BCUT2D eigenvalue weighted by molar-refractivity contribution is -0.141. The molecule has 5 aromatic rings. The highest BCUT2D eigenvalue weighted by atomic mass is 33.1. The molecule has 3 aromatic carbocycles. The van der Waals surface area contributed by atoms with Gasteiger partial charge in [0.05, 0.1) is 18.9 Å². The Hall–Kier alpha value is -12.5. The van der Waals surface area contributed by atoms with Gasteiger partial charge in [0, 0.05) is 90.8 Å². The molecule has 1 aliphatic rings. The van der Waals surface area contributed by atoms with Crippen LogP contribution in [0.2, 0.25) is 0 Å². The van der Waals surface area contributed by atoms with Gasteiger partial charge in [0.2, 0.25) is 70.8 Å². The number of para-hydroxylation sites is 1. The highest BCUT2D eigenvalue weighted by Gasteiger charge is 2.34. The number of carboxylic acid groups (broad SMARTS) is 2. The molecule has 118 heavy (non-hydrogen) atoms. The summed E-state index contributed by atoms with van der Waals surface area (Å²) in [6, 6.07) is 0.763. The summed E-state index contributed by atoms with van der Waals surface area (Å²) >= 11 is 0. The zero-order valence-corrected chi connectivity index (χ0v) is 67.2. The molecule has 0 spiro atoms. The first-order valence-corrected chi connectivity index (χ1v) is 39.7. The minimum absolute atomic E-state index is 0.0113. The van der Waals surface area contributed by atoms with E-state index in [0.717, 1.165) is 28.5 Å². The van der Waals surface area contributed by atoms with Crippen molar-refractivity contribution in [1.82, 2.24) is 20.3 Å². The first kappa shape index (κ1) is 94.4. The van der Waals surface area contributed by atoms with Crippen molar-refractivity contribution in [1.29, 1.82) is 10.8 Å². The molecular formula is C76H102N20O20S2. The molecule has 2 aromatic heterocycles. The number of benzene rings is 3.